The lowest BCUT2D eigenvalue weighted by atomic mass is 10.4. The molecule has 4 N–H and O–H groups in total. The van der Waals surface area contributed by atoms with Gasteiger partial charge in [0.15, 0.2) is 5.65 Å². The van der Waals surface area contributed by atoms with Gasteiger partial charge in [-0.1, -0.05) is 0 Å². The molecule has 0 aliphatic heterocycles. The fourth-order valence-corrected chi connectivity index (χ4v) is 2.43. The van der Waals surface area contributed by atoms with Gasteiger partial charge in [-0.3, -0.25) is 10.5 Å². The van der Waals surface area contributed by atoms with Crippen molar-refractivity contribution in [3.05, 3.63) is 17.7 Å². The fraction of sp³-hybridized carbons (Fsp3) is 0.200. The molecule has 0 aromatic carbocycles. The molecule has 19 heavy (non-hydrogen) atoms. The van der Waals surface area contributed by atoms with Crippen LogP contribution < -0.4 is 11.3 Å². The first-order valence-electron chi connectivity index (χ1n) is 5.47. The number of nitrogens with two attached hydrogens (primary N) is 1. The highest BCUT2D eigenvalue weighted by molar-refractivity contribution is 7.99. The number of fused-ring (bicyclic) bond motifs is 1. The summed E-state index contributed by atoms with van der Waals surface area (Å²) in [5.74, 6) is 6.44. The van der Waals surface area contributed by atoms with Crippen molar-refractivity contribution >= 4 is 28.7 Å². The van der Waals surface area contributed by atoms with E-state index in [1.165, 1.54) is 11.8 Å². The molecule has 9 heteroatoms. The van der Waals surface area contributed by atoms with Gasteiger partial charge in [-0.25, -0.2) is 15.8 Å². The number of aromatic amines is 1. The Morgan fingerprint density at radius 3 is 2.84 bits per heavy atom. The lowest BCUT2D eigenvalue weighted by molar-refractivity contribution is 0.431. The Bertz CT molecular complexity index is 715. The predicted molar refractivity (Wildman–Crippen MR) is 69.6 cm³/mol. The van der Waals surface area contributed by atoms with Gasteiger partial charge in [-0.05, 0) is 25.6 Å². The Morgan fingerprint density at radius 2 is 2.16 bits per heavy atom. The summed E-state index contributed by atoms with van der Waals surface area (Å²) in [6.45, 7) is 3.76. The number of hydrogen-bond acceptors (Lipinski definition) is 8. The Balaban J connectivity index is 2.05. The van der Waals surface area contributed by atoms with E-state index in [4.69, 9.17) is 10.3 Å². The molecule has 0 radical (unpaired) electrons. The molecular formula is C10H11N7OS. The molecule has 3 aromatic heterocycles. The highest BCUT2D eigenvalue weighted by atomic mass is 32.2. The molecule has 0 spiro atoms. The van der Waals surface area contributed by atoms with Crippen LogP contribution in [-0.4, -0.2) is 25.1 Å². The van der Waals surface area contributed by atoms with Crippen LogP contribution in [0.1, 0.15) is 11.5 Å². The van der Waals surface area contributed by atoms with Gasteiger partial charge in [0.1, 0.15) is 10.8 Å². The molecule has 0 bridgehead atoms. The highest BCUT2D eigenvalue weighted by Gasteiger charge is 2.14. The zero-order valence-electron chi connectivity index (χ0n) is 10.3. The molecular weight excluding hydrogens is 266 g/mol. The largest absolute Gasteiger partial charge is 0.436 e. The van der Waals surface area contributed by atoms with E-state index in [1.807, 2.05) is 13.8 Å². The zero-order valence-corrected chi connectivity index (χ0v) is 11.1. The van der Waals surface area contributed by atoms with Gasteiger partial charge in [-0.2, -0.15) is 10.1 Å². The average Bonchev–Trinajstić information content (AvgIpc) is 2.97. The molecule has 0 saturated heterocycles. The second-order valence-corrected chi connectivity index (χ2v) is 4.79. The van der Waals surface area contributed by atoms with Crippen LogP contribution in [0.25, 0.3) is 11.0 Å². The number of anilines is 1. The molecule has 3 rings (SSSR count). The van der Waals surface area contributed by atoms with E-state index in [2.05, 4.69) is 30.6 Å². The van der Waals surface area contributed by atoms with Crippen LogP contribution in [0, 0.1) is 13.8 Å². The van der Waals surface area contributed by atoms with Crippen LogP contribution >= 0.6 is 11.8 Å². The predicted octanol–water partition coefficient (Wildman–Crippen LogP) is 1.39. The second-order valence-electron chi connectivity index (χ2n) is 3.85. The summed E-state index contributed by atoms with van der Waals surface area (Å²) >= 11 is 1.30. The van der Waals surface area contributed by atoms with Crippen molar-refractivity contribution in [1.82, 2.24) is 25.1 Å². The first-order chi connectivity index (χ1) is 9.17. The molecule has 0 amide bonds. The van der Waals surface area contributed by atoms with Crippen molar-refractivity contribution in [3.8, 4) is 0 Å². The summed E-state index contributed by atoms with van der Waals surface area (Å²) < 4.78 is 5.53. The van der Waals surface area contributed by atoms with E-state index >= 15 is 0 Å². The topological polar surface area (TPSA) is 119 Å². The number of H-pyrrole nitrogens is 1. The fourth-order valence-electron chi connectivity index (χ4n) is 1.52. The van der Waals surface area contributed by atoms with E-state index in [0.29, 0.717) is 21.8 Å². The lowest BCUT2D eigenvalue weighted by Crippen LogP contribution is -2.10. The third-order valence-corrected chi connectivity index (χ3v) is 3.45. The van der Waals surface area contributed by atoms with Gasteiger partial charge < -0.3 is 4.42 Å². The van der Waals surface area contributed by atoms with E-state index < -0.39 is 0 Å². The van der Waals surface area contributed by atoms with Crippen LogP contribution in [0.3, 0.4) is 0 Å². The molecule has 3 heterocycles. The minimum atomic E-state index is 0.305. The van der Waals surface area contributed by atoms with E-state index in [-0.39, 0.29) is 0 Å². The molecule has 0 unspecified atom stereocenters. The third kappa shape index (κ3) is 2.13. The van der Waals surface area contributed by atoms with Crippen molar-refractivity contribution < 1.29 is 4.42 Å². The Labute approximate surface area is 112 Å². The standard InChI is InChI=1S/C10H11N7OS/c1-4-5(2)18-10(13-4)19-8-6-3-12-17-7(6)14-9(15-8)16-11/h3H,11H2,1-2H3,(H2,12,14,15,16,17). The first kappa shape index (κ1) is 11.9. The number of nitrogen functional groups attached to an aromatic ring is 1. The van der Waals surface area contributed by atoms with Crippen molar-refractivity contribution in [2.45, 2.75) is 24.1 Å². The summed E-state index contributed by atoms with van der Waals surface area (Å²) in [7, 11) is 0. The van der Waals surface area contributed by atoms with E-state index in [0.717, 1.165) is 16.8 Å². The van der Waals surface area contributed by atoms with Gasteiger partial charge in [0.25, 0.3) is 5.22 Å². The summed E-state index contributed by atoms with van der Waals surface area (Å²) in [5.41, 5.74) is 3.88. The molecule has 3 aromatic rings. The van der Waals surface area contributed by atoms with Gasteiger partial charge in [0, 0.05) is 0 Å². The van der Waals surface area contributed by atoms with E-state index in [9.17, 15) is 0 Å². The number of aromatic nitrogens is 5. The summed E-state index contributed by atoms with van der Waals surface area (Å²) in [4.78, 5) is 12.7. The number of aryl methyl sites for hydroxylation is 2. The van der Waals surface area contributed by atoms with Crippen LogP contribution in [-0.2, 0) is 0 Å². The summed E-state index contributed by atoms with van der Waals surface area (Å²) in [5, 5.41) is 8.71. The van der Waals surface area contributed by atoms with Crippen molar-refractivity contribution in [3.63, 3.8) is 0 Å². The number of oxazole rings is 1. The average molecular weight is 277 g/mol. The highest BCUT2D eigenvalue weighted by Crippen LogP contribution is 2.31. The minimum absolute atomic E-state index is 0.305. The van der Waals surface area contributed by atoms with Crippen molar-refractivity contribution in [2.24, 2.45) is 5.84 Å². The van der Waals surface area contributed by atoms with E-state index in [1.54, 1.807) is 6.20 Å². The van der Waals surface area contributed by atoms with Crippen LogP contribution in [0.5, 0.6) is 0 Å². The molecule has 0 saturated carbocycles. The van der Waals surface area contributed by atoms with Crippen molar-refractivity contribution in [1.29, 1.82) is 0 Å². The maximum atomic E-state index is 5.53. The maximum absolute atomic E-state index is 5.53. The number of hydrogen-bond donors (Lipinski definition) is 3. The Kier molecular flexibility index (Phi) is 2.84. The number of rotatable bonds is 3. The number of hydrazine groups is 1. The lowest BCUT2D eigenvalue weighted by Gasteiger charge is -2.02. The Hall–Kier alpha value is -2.13. The minimum Gasteiger partial charge on any atom is -0.436 e. The monoisotopic (exact) mass is 277 g/mol. The van der Waals surface area contributed by atoms with Crippen LogP contribution in [0.4, 0.5) is 5.95 Å². The molecule has 0 atom stereocenters. The molecule has 0 fully saturated rings. The van der Waals surface area contributed by atoms with Crippen molar-refractivity contribution in [2.75, 3.05) is 5.43 Å². The quantitative estimate of drug-likeness (QED) is 0.373. The summed E-state index contributed by atoms with van der Waals surface area (Å²) in [6.07, 6.45) is 1.65. The maximum Gasteiger partial charge on any atom is 0.262 e. The number of nitrogens with zero attached hydrogens (tertiary/aromatic N) is 4. The zero-order chi connectivity index (χ0) is 13.4. The molecule has 8 nitrogen and oxygen atoms in total. The first-order valence-corrected chi connectivity index (χ1v) is 6.28. The SMILES string of the molecule is Cc1nc(Sc2nc(NN)nc3[nH]ncc23)oc1C. The van der Waals surface area contributed by atoms with Gasteiger partial charge in [0.2, 0.25) is 5.95 Å². The molecule has 98 valence electrons. The molecule has 0 aliphatic carbocycles. The van der Waals surface area contributed by atoms with Gasteiger partial charge in [0.05, 0.1) is 17.3 Å². The van der Waals surface area contributed by atoms with Gasteiger partial charge >= 0.3 is 0 Å². The smallest absolute Gasteiger partial charge is 0.262 e. The Morgan fingerprint density at radius 1 is 1.32 bits per heavy atom. The normalized spacial score (nSPS) is 11.1. The van der Waals surface area contributed by atoms with Gasteiger partial charge in [-0.15, -0.1) is 0 Å². The number of nitrogens with one attached hydrogen (secondary N) is 2. The van der Waals surface area contributed by atoms with Crippen LogP contribution in [0.2, 0.25) is 0 Å². The molecule has 0 aliphatic rings. The third-order valence-electron chi connectivity index (χ3n) is 2.60. The van der Waals surface area contributed by atoms with Crippen LogP contribution in [0.15, 0.2) is 20.9 Å². The second kappa shape index (κ2) is 4.52. The summed E-state index contributed by atoms with van der Waals surface area (Å²) in [6, 6.07) is 0.